The molecular formula is C10H11ClO2. The first kappa shape index (κ1) is 9.00. The van der Waals surface area contributed by atoms with Crippen LogP contribution in [0.5, 0.6) is 0 Å². The minimum Gasteiger partial charge on any atom is -0.380 e. The van der Waals surface area contributed by atoms with E-state index in [0.29, 0.717) is 13.2 Å². The van der Waals surface area contributed by atoms with E-state index in [1.807, 2.05) is 25.1 Å². The molecule has 2 nitrogen and oxygen atoms in total. The maximum Gasteiger partial charge on any atom is 0.136 e. The Labute approximate surface area is 82.1 Å². The molecule has 0 radical (unpaired) electrons. The lowest BCUT2D eigenvalue weighted by Crippen LogP contribution is -2.46. The number of ether oxygens (including phenoxy) is 1. The average Bonchev–Trinajstić information content (AvgIpc) is 2.06. The first-order valence-electron chi connectivity index (χ1n) is 4.19. The van der Waals surface area contributed by atoms with E-state index in [1.54, 1.807) is 0 Å². The van der Waals surface area contributed by atoms with Gasteiger partial charge in [0.25, 0.3) is 0 Å². The van der Waals surface area contributed by atoms with Gasteiger partial charge in [-0.05, 0) is 24.1 Å². The molecule has 0 aliphatic carbocycles. The quantitative estimate of drug-likeness (QED) is 0.747. The Balaban J connectivity index is 2.36. The summed E-state index contributed by atoms with van der Waals surface area (Å²) in [4.78, 5) is 0. The van der Waals surface area contributed by atoms with Gasteiger partial charge in [0.05, 0.1) is 13.2 Å². The lowest BCUT2D eigenvalue weighted by Gasteiger charge is -2.36. The number of aryl methyl sites for hydroxylation is 1. The van der Waals surface area contributed by atoms with Gasteiger partial charge >= 0.3 is 0 Å². The van der Waals surface area contributed by atoms with E-state index in [-0.39, 0.29) is 0 Å². The van der Waals surface area contributed by atoms with Crippen molar-refractivity contribution < 1.29 is 9.84 Å². The van der Waals surface area contributed by atoms with E-state index >= 15 is 0 Å². The van der Waals surface area contributed by atoms with Gasteiger partial charge in [0.2, 0.25) is 0 Å². The molecule has 0 atom stereocenters. The first-order valence-corrected chi connectivity index (χ1v) is 4.56. The molecule has 1 fully saturated rings. The van der Waals surface area contributed by atoms with Crippen LogP contribution >= 0.6 is 11.6 Å². The van der Waals surface area contributed by atoms with Gasteiger partial charge in [0.1, 0.15) is 5.60 Å². The van der Waals surface area contributed by atoms with Gasteiger partial charge in [-0.2, -0.15) is 0 Å². The second-order valence-corrected chi connectivity index (χ2v) is 3.90. The zero-order valence-electron chi connectivity index (χ0n) is 7.38. The van der Waals surface area contributed by atoms with Crippen molar-refractivity contribution in [1.82, 2.24) is 0 Å². The van der Waals surface area contributed by atoms with Gasteiger partial charge in [-0.3, -0.25) is 0 Å². The zero-order valence-corrected chi connectivity index (χ0v) is 8.14. The smallest absolute Gasteiger partial charge is 0.136 e. The molecule has 1 aliphatic rings. The van der Waals surface area contributed by atoms with Crippen molar-refractivity contribution in [3.8, 4) is 0 Å². The third-order valence-corrected chi connectivity index (χ3v) is 2.80. The molecule has 0 amide bonds. The van der Waals surface area contributed by atoms with Crippen LogP contribution in [0.1, 0.15) is 11.1 Å². The highest BCUT2D eigenvalue weighted by molar-refractivity contribution is 6.31. The fourth-order valence-electron chi connectivity index (χ4n) is 1.40. The van der Waals surface area contributed by atoms with Crippen LogP contribution in [0.2, 0.25) is 5.02 Å². The lowest BCUT2D eigenvalue weighted by atomic mass is 9.91. The van der Waals surface area contributed by atoms with Crippen LogP contribution in [-0.2, 0) is 10.3 Å². The highest BCUT2D eigenvalue weighted by Gasteiger charge is 2.37. The molecule has 0 unspecified atom stereocenters. The van der Waals surface area contributed by atoms with Gasteiger partial charge < -0.3 is 9.84 Å². The molecule has 0 aromatic heterocycles. The zero-order chi connectivity index (χ0) is 9.47. The Morgan fingerprint density at radius 3 is 2.62 bits per heavy atom. The third kappa shape index (κ3) is 1.46. The fourth-order valence-corrected chi connectivity index (χ4v) is 1.51. The summed E-state index contributed by atoms with van der Waals surface area (Å²) >= 11 is 5.88. The largest absolute Gasteiger partial charge is 0.380 e. The van der Waals surface area contributed by atoms with Gasteiger partial charge in [-0.1, -0.05) is 23.7 Å². The van der Waals surface area contributed by atoms with Crippen molar-refractivity contribution in [1.29, 1.82) is 0 Å². The highest BCUT2D eigenvalue weighted by Crippen LogP contribution is 2.31. The number of aliphatic hydroxyl groups is 1. The third-order valence-electron chi connectivity index (χ3n) is 2.38. The molecule has 1 aromatic rings. The van der Waals surface area contributed by atoms with E-state index in [1.165, 1.54) is 0 Å². The predicted molar refractivity (Wildman–Crippen MR) is 50.9 cm³/mol. The van der Waals surface area contributed by atoms with Crippen molar-refractivity contribution in [2.24, 2.45) is 0 Å². The lowest BCUT2D eigenvalue weighted by molar-refractivity contribution is -0.184. The number of halogens is 1. The van der Waals surface area contributed by atoms with Crippen LogP contribution in [0.25, 0.3) is 0 Å². The fraction of sp³-hybridized carbons (Fsp3) is 0.400. The summed E-state index contributed by atoms with van der Waals surface area (Å²) in [5, 5.41) is 10.7. The molecule has 1 aromatic carbocycles. The summed E-state index contributed by atoms with van der Waals surface area (Å²) in [6.45, 7) is 2.69. The summed E-state index contributed by atoms with van der Waals surface area (Å²) < 4.78 is 4.98. The Morgan fingerprint density at radius 2 is 2.15 bits per heavy atom. The summed E-state index contributed by atoms with van der Waals surface area (Å²) in [6.07, 6.45) is 0. The highest BCUT2D eigenvalue weighted by atomic mass is 35.5. The number of hydrogen-bond donors (Lipinski definition) is 1. The SMILES string of the molecule is Cc1cc(C2(O)COC2)ccc1Cl. The van der Waals surface area contributed by atoms with E-state index < -0.39 is 5.60 Å². The van der Waals surface area contributed by atoms with Crippen LogP contribution < -0.4 is 0 Å². The molecular weight excluding hydrogens is 188 g/mol. The first-order chi connectivity index (χ1) is 6.12. The maximum absolute atomic E-state index is 9.93. The van der Waals surface area contributed by atoms with Crippen molar-refractivity contribution in [3.05, 3.63) is 34.3 Å². The maximum atomic E-state index is 9.93. The Bertz CT molecular complexity index is 332. The van der Waals surface area contributed by atoms with Crippen LogP contribution in [0.15, 0.2) is 18.2 Å². The van der Waals surface area contributed by atoms with E-state index in [0.717, 1.165) is 16.1 Å². The number of hydrogen-bond acceptors (Lipinski definition) is 2. The summed E-state index contributed by atoms with van der Waals surface area (Å²) in [5.41, 5.74) is 1.09. The second-order valence-electron chi connectivity index (χ2n) is 3.49. The number of benzene rings is 1. The van der Waals surface area contributed by atoms with Gasteiger partial charge in [0.15, 0.2) is 0 Å². The van der Waals surface area contributed by atoms with Crippen LogP contribution in [0.3, 0.4) is 0 Å². The second kappa shape index (κ2) is 2.98. The van der Waals surface area contributed by atoms with Crippen molar-refractivity contribution in [2.45, 2.75) is 12.5 Å². The molecule has 2 rings (SSSR count). The minimum atomic E-state index is -0.782. The van der Waals surface area contributed by atoms with E-state index in [4.69, 9.17) is 16.3 Å². The predicted octanol–water partition coefficient (Wildman–Crippen LogP) is 1.87. The van der Waals surface area contributed by atoms with Crippen LogP contribution in [-0.4, -0.2) is 18.3 Å². The molecule has 1 aliphatic heterocycles. The Kier molecular flexibility index (Phi) is 2.06. The average molecular weight is 199 g/mol. The van der Waals surface area contributed by atoms with Gasteiger partial charge in [-0.25, -0.2) is 0 Å². The molecule has 1 heterocycles. The summed E-state index contributed by atoms with van der Waals surface area (Å²) in [5.74, 6) is 0. The van der Waals surface area contributed by atoms with Crippen molar-refractivity contribution in [2.75, 3.05) is 13.2 Å². The van der Waals surface area contributed by atoms with Crippen molar-refractivity contribution >= 4 is 11.6 Å². The van der Waals surface area contributed by atoms with E-state index in [9.17, 15) is 5.11 Å². The molecule has 0 spiro atoms. The standard InChI is InChI=1S/C10H11ClO2/c1-7-4-8(2-3-9(7)11)10(12)5-13-6-10/h2-4,12H,5-6H2,1H3. The monoisotopic (exact) mass is 198 g/mol. The Hall–Kier alpha value is -0.570. The van der Waals surface area contributed by atoms with Gasteiger partial charge in [-0.15, -0.1) is 0 Å². The molecule has 0 saturated carbocycles. The molecule has 70 valence electrons. The Morgan fingerprint density at radius 1 is 1.46 bits per heavy atom. The minimum absolute atomic E-state index is 0.383. The molecule has 13 heavy (non-hydrogen) atoms. The molecule has 0 bridgehead atoms. The van der Waals surface area contributed by atoms with E-state index in [2.05, 4.69) is 0 Å². The summed E-state index contributed by atoms with van der Waals surface area (Å²) in [7, 11) is 0. The summed E-state index contributed by atoms with van der Waals surface area (Å²) in [6, 6.07) is 5.56. The number of rotatable bonds is 1. The normalized spacial score (nSPS) is 19.6. The van der Waals surface area contributed by atoms with Crippen LogP contribution in [0, 0.1) is 6.92 Å². The van der Waals surface area contributed by atoms with Crippen LogP contribution in [0.4, 0.5) is 0 Å². The van der Waals surface area contributed by atoms with Gasteiger partial charge in [0, 0.05) is 5.02 Å². The molecule has 1 saturated heterocycles. The molecule has 3 heteroatoms. The molecule has 1 N–H and O–H groups in total. The topological polar surface area (TPSA) is 29.5 Å². The van der Waals surface area contributed by atoms with Crippen molar-refractivity contribution in [3.63, 3.8) is 0 Å².